The smallest absolute Gasteiger partial charge is 0.387 e. The molecule has 0 saturated carbocycles. The van der Waals surface area contributed by atoms with Crippen molar-refractivity contribution in [2.75, 3.05) is 0 Å². The van der Waals surface area contributed by atoms with Crippen LogP contribution in [0.1, 0.15) is 27.6 Å². The van der Waals surface area contributed by atoms with Crippen molar-refractivity contribution in [3.63, 3.8) is 0 Å². The van der Waals surface area contributed by atoms with Gasteiger partial charge in [0.15, 0.2) is 6.10 Å². The van der Waals surface area contributed by atoms with Crippen molar-refractivity contribution >= 4 is 11.8 Å². The summed E-state index contributed by atoms with van der Waals surface area (Å²) >= 11 is 0. The Balaban J connectivity index is 1.62. The van der Waals surface area contributed by atoms with Gasteiger partial charge in [0.05, 0.1) is 11.3 Å². The van der Waals surface area contributed by atoms with Crippen molar-refractivity contribution < 1.29 is 27.8 Å². The summed E-state index contributed by atoms with van der Waals surface area (Å²) in [5.41, 5.74) is 1.10. The van der Waals surface area contributed by atoms with Crippen molar-refractivity contribution in [3.8, 4) is 11.4 Å². The zero-order chi connectivity index (χ0) is 20.1. The van der Waals surface area contributed by atoms with E-state index in [2.05, 4.69) is 20.3 Å². The number of halogens is 2. The van der Waals surface area contributed by atoms with Crippen LogP contribution < -0.4 is 4.74 Å². The zero-order valence-corrected chi connectivity index (χ0v) is 14.5. The molecule has 0 N–H and O–H groups in total. The Hall–Kier alpha value is -3.69. The number of carbonyl (C=O) groups is 2. The number of nitrogens with zero attached hydrogens (tertiary/aromatic N) is 4. The lowest BCUT2D eigenvalue weighted by Crippen LogP contribution is -2.24. The molecule has 0 aliphatic rings. The first-order chi connectivity index (χ1) is 13.4. The lowest BCUT2D eigenvalue weighted by atomic mass is 10.1. The van der Waals surface area contributed by atoms with Gasteiger partial charge in [-0.2, -0.15) is 8.78 Å². The Morgan fingerprint density at radius 3 is 2.21 bits per heavy atom. The highest BCUT2D eigenvalue weighted by molar-refractivity contribution is 6.01. The first-order valence-corrected chi connectivity index (χ1v) is 8.07. The normalized spacial score (nSPS) is 11.9. The second-order valence-electron chi connectivity index (χ2n) is 5.62. The highest BCUT2D eigenvalue weighted by atomic mass is 19.3. The number of alkyl halides is 2. The van der Waals surface area contributed by atoms with E-state index in [0.29, 0.717) is 5.69 Å². The second-order valence-corrected chi connectivity index (χ2v) is 5.62. The maximum Gasteiger partial charge on any atom is 0.387 e. The molecule has 0 aliphatic carbocycles. The molecule has 1 aromatic heterocycles. The van der Waals surface area contributed by atoms with E-state index >= 15 is 0 Å². The van der Waals surface area contributed by atoms with Crippen LogP contribution in [0.15, 0.2) is 54.9 Å². The summed E-state index contributed by atoms with van der Waals surface area (Å²) in [6.07, 6.45) is 0.347. The van der Waals surface area contributed by atoms with Crippen LogP contribution in [0.25, 0.3) is 5.69 Å². The van der Waals surface area contributed by atoms with E-state index in [9.17, 15) is 18.4 Å². The third-order valence-electron chi connectivity index (χ3n) is 3.73. The molecule has 0 radical (unpaired) electrons. The summed E-state index contributed by atoms with van der Waals surface area (Å²) in [5.74, 6) is -1.22. The van der Waals surface area contributed by atoms with Gasteiger partial charge in [0.2, 0.25) is 5.78 Å². The van der Waals surface area contributed by atoms with E-state index in [1.807, 2.05) is 0 Å². The molecule has 3 rings (SSSR count). The van der Waals surface area contributed by atoms with Gasteiger partial charge in [0, 0.05) is 5.56 Å². The van der Waals surface area contributed by atoms with E-state index in [0.717, 1.165) is 0 Å². The summed E-state index contributed by atoms with van der Waals surface area (Å²) in [6, 6.07) is 11.4. The van der Waals surface area contributed by atoms with E-state index in [4.69, 9.17) is 4.74 Å². The summed E-state index contributed by atoms with van der Waals surface area (Å²) in [6.45, 7) is -1.52. The monoisotopic (exact) mass is 388 g/mol. The number of carbonyl (C=O) groups excluding carboxylic acids is 2. The predicted octanol–water partition coefficient (Wildman–Crippen LogP) is 2.69. The summed E-state index contributed by atoms with van der Waals surface area (Å²) in [7, 11) is 0. The Bertz CT molecular complexity index is 945. The predicted molar refractivity (Wildman–Crippen MR) is 91.4 cm³/mol. The van der Waals surface area contributed by atoms with Gasteiger partial charge < -0.3 is 9.47 Å². The lowest BCUT2D eigenvalue weighted by molar-refractivity contribution is -0.0498. The molecule has 28 heavy (non-hydrogen) atoms. The molecule has 10 heteroatoms. The minimum atomic E-state index is -2.95. The molecule has 3 aromatic rings. The van der Waals surface area contributed by atoms with E-state index < -0.39 is 24.5 Å². The van der Waals surface area contributed by atoms with Crippen molar-refractivity contribution in [1.82, 2.24) is 20.2 Å². The van der Waals surface area contributed by atoms with E-state index in [-0.39, 0.29) is 16.9 Å². The first kappa shape index (κ1) is 19.1. The highest BCUT2D eigenvalue weighted by Gasteiger charge is 2.20. The van der Waals surface area contributed by atoms with Gasteiger partial charge in [0.25, 0.3) is 0 Å². The number of rotatable bonds is 7. The number of aromatic nitrogens is 4. The van der Waals surface area contributed by atoms with Crippen LogP contribution in [-0.2, 0) is 4.74 Å². The molecular formula is C18H14F2N4O4. The average Bonchev–Trinajstić information content (AvgIpc) is 3.22. The van der Waals surface area contributed by atoms with Gasteiger partial charge >= 0.3 is 12.6 Å². The Labute approximate surface area is 157 Å². The van der Waals surface area contributed by atoms with Gasteiger partial charge in [-0.15, -0.1) is 5.10 Å². The number of tetrazole rings is 1. The van der Waals surface area contributed by atoms with Gasteiger partial charge in [-0.05, 0) is 65.9 Å². The number of ketones is 1. The number of esters is 1. The van der Waals surface area contributed by atoms with Crippen LogP contribution in [0.3, 0.4) is 0 Å². The van der Waals surface area contributed by atoms with E-state index in [1.54, 1.807) is 12.1 Å². The van der Waals surface area contributed by atoms with Crippen molar-refractivity contribution in [1.29, 1.82) is 0 Å². The standard InChI is InChI=1S/C18H14F2N4O4/c1-11(16(25)12-4-8-15(9-5-12)28-18(19)20)27-17(26)13-2-6-14(7-3-13)24-10-21-22-23-24/h2-11,18H,1H3/t11-/m0/s1. The number of benzene rings is 2. The van der Waals surface area contributed by atoms with Crippen LogP contribution in [-0.4, -0.2) is 44.7 Å². The molecule has 0 bridgehead atoms. The molecular weight excluding hydrogens is 374 g/mol. The third kappa shape index (κ3) is 4.53. The van der Waals surface area contributed by atoms with Crippen LogP contribution in [0.4, 0.5) is 8.78 Å². The largest absolute Gasteiger partial charge is 0.451 e. The molecule has 0 fully saturated rings. The summed E-state index contributed by atoms with van der Waals surface area (Å²) in [5, 5.41) is 10.8. The highest BCUT2D eigenvalue weighted by Crippen LogP contribution is 2.17. The zero-order valence-electron chi connectivity index (χ0n) is 14.5. The molecule has 0 amide bonds. The quantitative estimate of drug-likeness (QED) is 0.453. The maximum absolute atomic E-state index is 12.4. The maximum atomic E-state index is 12.4. The molecule has 1 atom stereocenters. The molecule has 0 saturated heterocycles. The van der Waals surface area contributed by atoms with Crippen LogP contribution in [0, 0.1) is 0 Å². The molecule has 8 nitrogen and oxygen atoms in total. The van der Waals surface area contributed by atoms with Crippen LogP contribution in [0.5, 0.6) is 5.75 Å². The number of hydrogen-bond acceptors (Lipinski definition) is 7. The second kappa shape index (κ2) is 8.33. The van der Waals surface area contributed by atoms with Crippen molar-refractivity contribution in [2.45, 2.75) is 19.6 Å². The van der Waals surface area contributed by atoms with Crippen LogP contribution in [0.2, 0.25) is 0 Å². The van der Waals surface area contributed by atoms with Gasteiger partial charge in [-0.1, -0.05) is 0 Å². The van der Waals surface area contributed by atoms with Crippen molar-refractivity contribution in [2.24, 2.45) is 0 Å². The van der Waals surface area contributed by atoms with Crippen molar-refractivity contribution in [3.05, 3.63) is 66.0 Å². The molecule has 0 unspecified atom stereocenters. The van der Waals surface area contributed by atoms with Crippen LogP contribution >= 0.6 is 0 Å². The minimum Gasteiger partial charge on any atom is -0.451 e. The summed E-state index contributed by atoms with van der Waals surface area (Å²) in [4.78, 5) is 24.6. The SMILES string of the molecule is C[C@H](OC(=O)c1ccc(-n2cnnn2)cc1)C(=O)c1ccc(OC(F)F)cc1. The molecule has 144 valence electrons. The Kier molecular flexibility index (Phi) is 5.68. The van der Waals surface area contributed by atoms with Gasteiger partial charge in [0.1, 0.15) is 12.1 Å². The molecule has 1 heterocycles. The molecule has 0 spiro atoms. The Morgan fingerprint density at radius 1 is 1.00 bits per heavy atom. The fourth-order valence-electron chi connectivity index (χ4n) is 2.35. The molecule has 2 aromatic carbocycles. The van der Waals surface area contributed by atoms with Gasteiger partial charge in [-0.3, -0.25) is 4.79 Å². The van der Waals surface area contributed by atoms with E-state index in [1.165, 1.54) is 54.3 Å². The molecule has 0 aliphatic heterocycles. The number of hydrogen-bond donors (Lipinski definition) is 0. The third-order valence-corrected chi connectivity index (χ3v) is 3.73. The summed E-state index contributed by atoms with van der Waals surface area (Å²) < 4.78 is 35.2. The average molecular weight is 388 g/mol. The fraction of sp³-hybridized carbons (Fsp3) is 0.167. The lowest BCUT2D eigenvalue weighted by Gasteiger charge is -2.13. The minimum absolute atomic E-state index is 0.0705. The topological polar surface area (TPSA) is 96.2 Å². The first-order valence-electron chi connectivity index (χ1n) is 8.07. The number of Topliss-reactive ketones (excluding diaryl/α,β-unsaturated/α-hetero) is 1. The Morgan fingerprint density at radius 2 is 1.64 bits per heavy atom. The van der Waals surface area contributed by atoms with Gasteiger partial charge in [-0.25, -0.2) is 9.48 Å². The fourth-order valence-corrected chi connectivity index (χ4v) is 2.35. The number of ether oxygens (including phenoxy) is 2.